The fraction of sp³-hybridized carbons (Fsp3) is 0.625. The first-order valence-electron chi connectivity index (χ1n) is 7.41. The fourth-order valence-electron chi connectivity index (χ4n) is 2.69. The summed E-state index contributed by atoms with van der Waals surface area (Å²) in [5, 5.41) is 3.45. The highest BCUT2D eigenvalue weighted by Gasteiger charge is 2.16. The molecule has 1 aromatic rings. The summed E-state index contributed by atoms with van der Waals surface area (Å²) in [6.07, 6.45) is 5.22. The predicted octanol–water partition coefficient (Wildman–Crippen LogP) is 3.29. The van der Waals surface area contributed by atoms with E-state index >= 15 is 0 Å². The smallest absolute Gasteiger partial charge is 0.0366 e. The number of piperidine rings is 1. The van der Waals surface area contributed by atoms with Crippen molar-refractivity contribution in [3.8, 4) is 0 Å². The lowest BCUT2D eigenvalue weighted by Crippen LogP contribution is -2.36. The maximum absolute atomic E-state index is 3.45. The summed E-state index contributed by atoms with van der Waals surface area (Å²) in [6.45, 7) is 7.09. The highest BCUT2D eigenvalue weighted by atomic mass is 15.1. The number of nitrogens with zero attached hydrogens (tertiary/aromatic N) is 1. The second-order valence-corrected chi connectivity index (χ2v) is 5.33. The van der Waals surface area contributed by atoms with Crippen LogP contribution in [0.4, 0.5) is 5.69 Å². The number of unbranched alkanes of at least 4 members (excludes halogenated alkanes) is 1. The molecule has 0 amide bonds. The second kappa shape index (κ2) is 7.42. The van der Waals surface area contributed by atoms with Gasteiger partial charge >= 0.3 is 0 Å². The molecule has 2 heteroatoms. The molecule has 0 unspecified atom stereocenters. The quantitative estimate of drug-likeness (QED) is 0.828. The van der Waals surface area contributed by atoms with Gasteiger partial charge in [-0.25, -0.2) is 0 Å². The summed E-state index contributed by atoms with van der Waals surface area (Å²) < 4.78 is 0. The topological polar surface area (TPSA) is 15.3 Å². The lowest BCUT2D eigenvalue weighted by molar-refractivity contribution is 0.373. The molecule has 1 fully saturated rings. The van der Waals surface area contributed by atoms with E-state index in [-0.39, 0.29) is 0 Å². The molecule has 1 aliphatic rings. The molecule has 0 bridgehead atoms. The number of nitrogens with one attached hydrogen (secondary N) is 1. The predicted molar refractivity (Wildman–Crippen MR) is 79.2 cm³/mol. The van der Waals surface area contributed by atoms with Crippen LogP contribution >= 0.6 is 0 Å². The minimum absolute atomic E-state index is 0.864. The maximum Gasteiger partial charge on any atom is 0.0366 e. The van der Waals surface area contributed by atoms with Crippen LogP contribution in [0.1, 0.15) is 32.6 Å². The van der Waals surface area contributed by atoms with E-state index in [1.165, 1.54) is 57.5 Å². The molecule has 0 atom stereocenters. The Hall–Kier alpha value is -1.02. The van der Waals surface area contributed by atoms with Crippen molar-refractivity contribution in [1.29, 1.82) is 0 Å². The molecule has 0 aliphatic carbocycles. The Morgan fingerprint density at radius 1 is 1.17 bits per heavy atom. The number of hydrogen-bond donors (Lipinski definition) is 1. The summed E-state index contributed by atoms with van der Waals surface area (Å²) in [4.78, 5) is 2.58. The van der Waals surface area contributed by atoms with Crippen LogP contribution in [-0.2, 0) is 0 Å². The Labute approximate surface area is 111 Å². The second-order valence-electron chi connectivity index (χ2n) is 5.33. The van der Waals surface area contributed by atoms with Gasteiger partial charge in [0, 0.05) is 18.8 Å². The Bertz CT molecular complexity index is 317. The van der Waals surface area contributed by atoms with Crippen LogP contribution < -0.4 is 10.2 Å². The van der Waals surface area contributed by atoms with Crippen molar-refractivity contribution in [2.24, 2.45) is 5.92 Å². The van der Waals surface area contributed by atoms with Gasteiger partial charge in [-0.1, -0.05) is 31.5 Å². The van der Waals surface area contributed by atoms with Gasteiger partial charge in [0.25, 0.3) is 0 Å². The molecule has 1 heterocycles. The van der Waals surface area contributed by atoms with E-state index in [4.69, 9.17) is 0 Å². The highest BCUT2D eigenvalue weighted by Crippen LogP contribution is 2.20. The van der Waals surface area contributed by atoms with Crippen LogP contribution in [0, 0.1) is 5.92 Å². The van der Waals surface area contributed by atoms with E-state index in [1.807, 2.05) is 0 Å². The number of benzene rings is 1. The molecule has 0 aromatic heterocycles. The van der Waals surface area contributed by atoms with Crippen molar-refractivity contribution >= 4 is 5.69 Å². The molecule has 0 radical (unpaired) electrons. The largest absolute Gasteiger partial charge is 0.371 e. The molecule has 1 aromatic carbocycles. The minimum Gasteiger partial charge on any atom is -0.371 e. The zero-order valence-corrected chi connectivity index (χ0v) is 11.6. The molecule has 0 saturated carbocycles. The number of para-hydroxylation sites is 1. The molecule has 1 N–H and O–H groups in total. The molecule has 2 rings (SSSR count). The standard InChI is InChI=1S/C16H26N2/c1-2-3-13-18(16-7-5-4-6-8-16)14-15-9-11-17-12-10-15/h4-8,15,17H,2-3,9-14H2,1H3. The van der Waals surface area contributed by atoms with E-state index in [0.717, 1.165) is 5.92 Å². The van der Waals surface area contributed by atoms with Crippen LogP contribution in [0.15, 0.2) is 30.3 Å². The first-order valence-corrected chi connectivity index (χ1v) is 7.41. The maximum atomic E-state index is 3.45. The number of rotatable bonds is 6. The Kier molecular flexibility index (Phi) is 5.53. The lowest BCUT2D eigenvalue weighted by Gasteiger charge is -2.31. The molecule has 100 valence electrons. The van der Waals surface area contributed by atoms with Gasteiger partial charge in [-0.3, -0.25) is 0 Å². The summed E-state index contributed by atoms with van der Waals surface area (Å²) >= 11 is 0. The van der Waals surface area contributed by atoms with Gasteiger partial charge in [0.2, 0.25) is 0 Å². The third-order valence-corrected chi connectivity index (χ3v) is 3.84. The SMILES string of the molecule is CCCCN(CC1CCNCC1)c1ccccc1. The normalized spacial score (nSPS) is 16.7. The zero-order chi connectivity index (χ0) is 12.6. The van der Waals surface area contributed by atoms with E-state index in [2.05, 4.69) is 47.5 Å². The van der Waals surface area contributed by atoms with Gasteiger partial charge < -0.3 is 10.2 Å². The van der Waals surface area contributed by atoms with Gasteiger partial charge in [0.1, 0.15) is 0 Å². The molecule has 1 saturated heterocycles. The lowest BCUT2D eigenvalue weighted by atomic mass is 9.97. The molecule has 0 spiro atoms. The van der Waals surface area contributed by atoms with Crippen LogP contribution in [0.2, 0.25) is 0 Å². The minimum atomic E-state index is 0.864. The first-order chi connectivity index (χ1) is 8.90. The number of hydrogen-bond acceptors (Lipinski definition) is 2. The molecular formula is C16H26N2. The average molecular weight is 246 g/mol. The molecule has 18 heavy (non-hydrogen) atoms. The van der Waals surface area contributed by atoms with Crippen molar-refractivity contribution in [2.75, 3.05) is 31.1 Å². The van der Waals surface area contributed by atoms with Crippen LogP contribution in [0.3, 0.4) is 0 Å². The van der Waals surface area contributed by atoms with E-state index in [9.17, 15) is 0 Å². The Morgan fingerprint density at radius 3 is 2.56 bits per heavy atom. The number of anilines is 1. The van der Waals surface area contributed by atoms with Gasteiger partial charge in [-0.15, -0.1) is 0 Å². The van der Waals surface area contributed by atoms with Crippen molar-refractivity contribution in [1.82, 2.24) is 5.32 Å². The summed E-state index contributed by atoms with van der Waals surface area (Å²) in [5.41, 5.74) is 1.39. The van der Waals surface area contributed by atoms with Crippen LogP contribution in [0.25, 0.3) is 0 Å². The zero-order valence-electron chi connectivity index (χ0n) is 11.6. The van der Waals surface area contributed by atoms with E-state index in [1.54, 1.807) is 0 Å². The Balaban J connectivity index is 1.95. The van der Waals surface area contributed by atoms with Gasteiger partial charge in [-0.05, 0) is 50.4 Å². The van der Waals surface area contributed by atoms with Crippen molar-refractivity contribution in [3.05, 3.63) is 30.3 Å². The molecular weight excluding hydrogens is 220 g/mol. The Morgan fingerprint density at radius 2 is 1.89 bits per heavy atom. The molecule has 2 nitrogen and oxygen atoms in total. The van der Waals surface area contributed by atoms with E-state index < -0.39 is 0 Å². The summed E-state index contributed by atoms with van der Waals surface area (Å²) in [7, 11) is 0. The monoisotopic (exact) mass is 246 g/mol. The van der Waals surface area contributed by atoms with Gasteiger partial charge in [-0.2, -0.15) is 0 Å². The van der Waals surface area contributed by atoms with Crippen LogP contribution in [0.5, 0.6) is 0 Å². The summed E-state index contributed by atoms with van der Waals surface area (Å²) in [5.74, 6) is 0.864. The van der Waals surface area contributed by atoms with Gasteiger partial charge in [0.05, 0.1) is 0 Å². The van der Waals surface area contributed by atoms with E-state index in [0.29, 0.717) is 0 Å². The first kappa shape index (κ1) is 13.4. The van der Waals surface area contributed by atoms with Crippen LogP contribution in [-0.4, -0.2) is 26.2 Å². The summed E-state index contributed by atoms with van der Waals surface area (Å²) in [6, 6.07) is 10.9. The third kappa shape index (κ3) is 4.02. The van der Waals surface area contributed by atoms with Crippen molar-refractivity contribution < 1.29 is 0 Å². The van der Waals surface area contributed by atoms with Crippen molar-refractivity contribution in [2.45, 2.75) is 32.6 Å². The van der Waals surface area contributed by atoms with Crippen molar-refractivity contribution in [3.63, 3.8) is 0 Å². The highest BCUT2D eigenvalue weighted by molar-refractivity contribution is 5.45. The average Bonchev–Trinajstić information content (AvgIpc) is 2.45. The molecule has 1 aliphatic heterocycles. The third-order valence-electron chi connectivity index (χ3n) is 3.84. The fourth-order valence-corrected chi connectivity index (χ4v) is 2.69. The van der Waals surface area contributed by atoms with Gasteiger partial charge in [0.15, 0.2) is 0 Å².